The standard InChI is InChI=1S/C20H27N3O2/c1-20(2,3)17(24)14-22-10-12-23(13-11-22)19(25)18-16-7-5-4-6-15(16)8-9-21-18/h4-9,17,24H,10-14H2,1-3H3/t17-/m1/s1. The van der Waals surface area contributed by atoms with Crippen molar-refractivity contribution in [2.45, 2.75) is 26.9 Å². The van der Waals surface area contributed by atoms with Crippen molar-refractivity contribution in [3.8, 4) is 0 Å². The monoisotopic (exact) mass is 341 g/mol. The van der Waals surface area contributed by atoms with E-state index in [4.69, 9.17) is 0 Å². The van der Waals surface area contributed by atoms with Crippen LogP contribution in [0.1, 0.15) is 31.3 Å². The van der Waals surface area contributed by atoms with Crippen LogP contribution in [0.25, 0.3) is 10.8 Å². The zero-order chi connectivity index (χ0) is 18.0. The lowest BCUT2D eigenvalue weighted by Crippen LogP contribution is -2.51. The Balaban J connectivity index is 1.66. The van der Waals surface area contributed by atoms with Crippen molar-refractivity contribution < 1.29 is 9.90 Å². The number of hydrogen-bond acceptors (Lipinski definition) is 4. The third kappa shape index (κ3) is 3.99. The van der Waals surface area contributed by atoms with Crippen LogP contribution in [0.5, 0.6) is 0 Å². The first-order valence-corrected chi connectivity index (χ1v) is 8.90. The lowest BCUT2D eigenvalue weighted by Gasteiger charge is -2.37. The number of hydrogen-bond donors (Lipinski definition) is 1. The molecule has 134 valence electrons. The molecule has 1 atom stereocenters. The number of rotatable bonds is 3. The molecule has 1 aliphatic rings. The number of pyridine rings is 1. The summed E-state index contributed by atoms with van der Waals surface area (Å²) >= 11 is 0. The number of aromatic nitrogens is 1. The van der Waals surface area contributed by atoms with E-state index in [0.29, 0.717) is 25.3 Å². The van der Waals surface area contributed by atoms with Gasteiger partial charge in [0.2, 0.25) is 0 Å². The van der Waals surface area contributed by atoms with Gasteiger partial charge in [0, 0.05) is 44.3 Å². The normalized spacial score (nSPS) is 17.7. The summed E-state index contributed by atoms with van der Waals surface area (Å²) in [6, 6.07) is 9.78. The minimum atomic E-state index is -0.366. The molecular formula is C20H27N3O2. The Kier molecular flexibility index (Phi) is 5.06. The highest BCUT2D eigenvalue weighted by atomic mass is 16.3. The van der Waals surface area contributed by atoms with E-state index in [-0.39, 0.29) is 17.4 Å². The lowest BCUT2D eigenvalue weighted by molar-refractivity contribution is 0.0136. The highest BCUT2D eigenvalue weighted by Crippen LogP contribution is 2.21. The van der Waals surface area contributed by atoms with Crippen LogP contribution in [-0.2, 0) is 0 Å². The molecule has 3 rings (SSSR count). The summed E-state index contributed by atoms with van der Waals surface area (Å²) in [4.78, 5) is 21.3. The van der Waals surface area contributed by atoms with Gasteiger partial charge < -0.3 is 10.0 Å². The van der Waals surface area contributed by atoms with E-state index in [0.717, 1.165) is 23.9 Å². The van der Waals surface area contributed by atoms with Crippen molar-refractivity contribution in [3.05, 3.63) is 42.2 Å². The number of nitrogens with zero attached hydrogens (tertiary/aromatic N) is 3. The van der Waals surface area contributed by atoms with E-state index < -0.39 is 0 Å². The number of carbonyl (C=O) groups is 1. The predicted molar refractivity (Wildman–Crippen MR) is 99.5 cm³/mol. The average molecular weight is 341 g/mol. The van der Waals surface area contributed by atoms with Gasteiger partial charge in [0.15, 0.2) is 0 Å². The van der Waals surface area contributed by atoms with E-state index in [1.165, 1.54) is 0 Å². The molecule has 5 heteroatoms. The molecule has 0 bridgehead atoms. The van der Waals surface area contributed by atoms with Crippen LogP contribution in [-0.4, -0.2) is 64.6 Å². The molecule has 1 aromatic carbocycles. The number of β-amino-alcohol motifs (C(OH)–C–C–N with tert-alkyl or cyclic N) is 1. The largest absolute Gasteiger partial charge is 0.391 e. The summed E-state index contributed by atoms with van der Waals surface area (Å²) in [7, 11) is 0. The quantitative estimate of drug-likeness (QED) is 0.931. The molecule has 1 amide bonds. The van der Waals surface area contributed by atoms with Crippen molar-refractivity contribution in [1.29, 1.82) is 0 Å². The van der Waals surface area contributed by atoms with Crippen molar-refractivity contribution in [1.82, 2.24) is 14.8 Å². The smallest absolute Gasteiger partial charge is 0.273 e. The molecular weight excluding hydrogens is 314 g/mol. The van der Waals surface area contributed by atoms with E-state index in [1.54, 1.807) is 6.20 Å². The summed E-state index contributed by atoms with van der Waals surface area (Å²) < 4.78 is 0. The number of aliphatic hydroxyl groups is 1. The van der Waals surface area contributed by atoms with Gasteiger partial charge in [0.1, 0.15) is 5.69 Å². The van der Waals surface area contributed by atoms with E-state index in [9.17, 15) is 9.90 Å². The van der Waals surface area contributed by atoms with Gasteiger partial charge in [-0.1, -0.05) is 45.0 Å². The summed E-state index contributed by atoms with van der Waals surface area (Å²) in [6.45, 7) is 9.68. The second-order valence-corrected chi connectivity index (χ2v) is 7.86. The maximum atomic E-state index is 12.9. The zero-order valence-corrected chi connectivity index (χ0v) is 15.3. The zero-order valence-electron chi connectivity index (χ0n) is 15.3. The van der Waals surface area contributed by atoms with Crippen LogP contribution in [0.2, 0.25) is 0 Å². The molecule has 0 aliphatic carbocycles. The Hall–Kier alpha value is -1.98. The molecule has 0 unspecified atom stereocenters. The second kappa shape index (κ2) is 7.10. The van der Waals surface area contributed by atoms with Crippen molar-refractivity contribution in [3.63, 3.8) is 0 Å². The number of benzene rings is 1. The minimum Gasteiger partial charge on any atom is -0.391 e. The first kappa shape index (κ1) is 17.8. The molecule has 1 aliphatic heterocycles. The summed E-state index contributed by atoms with van der Waals surface area (Å²) in [5.74, 6) is -0.00665. The summed E-state index contributed by atoms with van der Waals surface area (Å²) in [5.41, 5.74) is 0.404. The average Bonchev–Trinajstić information content (AvgIpc) is 2.60. The molecule has 1 aromatic heterocycles. The second-order valence-electron chi connectivity index (χ2n) is 7.86. The fourth-order valence-corrected chi connectivity index (χ4v) is 3.09. The van der Waals surface area contributed by atoms with E-state index in [2.05, 4.69) is 9.88 Å². The molecule has 5 nitrogen and oxygen atoms in total. The van der Waals surface area contributed by atoms with Gasteiger partial charge in [-0.05, 0) is 16.9 Å². The molecule has 0 radical (unpaired) electrons. The van der Waals surface area contributed by atoms with Gasteiger partial charge in [0.25, 0.3) is 5.91 Å². The third-order valence-electron chi connectivity index (χ3n) is 4.97. The van der Waals surface area contributed by atoms with Gasteiger partial charge >= 0.3 is 0 Å². The van der Waals surface area contributed by atoms with E-state index >= 15 is 0 Å². The summed E-state index contributed by atoms with van der Waals surface area (Å²) in [5, 5.41) is 12.2. The van der Waals surface area contributed by atoms with Crippen molar-refractivity contribution in [2.75, 3.05) is 32.7 Å². The van der Waals surface area contributed by atoms with Gasteiger partial charge in [0.05, 0.1) is 6.10 Å². The highest BCUT2D eigenvalue weighted by Gasteiger charge is 2.28. The van der Waals surface area contributed by atoms with Crippen LogP contribution in [0, 0.1) is 5.41 Å². The van der Waals surface area contributed by atoms with Crippen molar-refractivity contribution in [2.24, 2.45) is 5.41 Å². The number of carbonyl (C=O) groups excluding carboxylic acids is 1. The number of fused-ring (bicyclic) bond motifs is 1. The topological polar surface area (TPSA) is 56.7 Å². The maximum Gasteiger partial charge on any atom is 0.273 e. The maximum absolute atomic E-state index is 12.9. The van der Waals surface area contributed by atoms with Crippen LogP contribution >= 0.6 is 0 Å². The van der Waals surface area contributed by atoms with Crippen LogP contribution in [0.3, 0.4) is 0 Å². The number of amides is 1. The van der Waals surface area contributed by atoms with Gasteiger partial charge in [-0.2, -0.15) is 0 Å². The lowest BCUT2D eigenvalue weighted by atomic mass is 9.89. The fourth-order valence-electron chi connectivity index (χ4n) is 3.09. The van der Waals surface area contributed by atoms with Crippen LogP contribution in [0.15, 0.2) is 36.5 Å². The Morgan fingerprint density at radius 3 is 2.52 bits per heavy atom. The minimum absolute atomic E-state index is 0.00665. The third-order valence-corrected chi connectivity index (χ3v) is 4.97. The van der Waals surface area contributed by atoms with Crippen LogP contribution in [0.4, 0.5) is 0 Å². The van der Waals surface area contributed by atoms with Gasteiger partial charge in [-0.15, -0.1) is 0 Å². The highest BCUT2D eigenvalue weighted by molar-refractivity contribution is 6.05. The van der Waals surface area contributed by atoms with Crippen molar-refractivity contribution >= 4 is 16.7 Å². The Morgan fingerprint density at radius 1 is 1.16 bits per heavy atom. The molecule has 2 aromatic rings. The molecule has 0 spiro atoms. The predicted octanol–water partition coefficient (Wildman–Crippen LogP) is 2.40. The number of piperazine rings is 1. The molecule has 1 N–H and O–H groups in total. The molecule has 1 saturated heterocycles. The first-order chi connectivity index (χ1) is 11.9. The van der Waals surface area contributed by atoms with Gasteiger partial charge in [-0.3, -0.25) is 14.7 Å². The first-order valence-electron chi connectivity index (χ1n) is 8.90. The Labute approximate surface area is 149 Å². The SMILES string of the molecule is CC(C)(C)[C@H](O)CN1CCN(C(=O)c2nccc3ccccc23)CC1. The van der Waals surface area contributed by atoms with Gasteiger partial charge in [-0.25, -0.2) is 0 Å². The molecule has 0 saturated carbocycles. The Bertz CT molecular complexity index is 741. The van der Waals surface area contributed by atoms with E-state index in [1.807, 2.05) is 56.0 Å². The fraction of sp³-hybridized carbons (Fsp3) is 0.500. The molecule has 2 heterocycles. The van der Waals surface area contributed by atoms with Crippen LogP contribution < -0.4 is 0 Å². The molecule has 25 heavy (non-hydrogen) atoms. The Morgan fingerprint density at radius 2 is 1.84 bits per heavy atom. The number of aliphatic hydroxyl groups excluding tert-OH is 1. The summed E-state index contributed by atoms with van der Waals surface area (Å²) in [6.07, 6.45) is 1.33. The molecule has 1 fully saturated rings.